The molecule has 0 unspecified atom stereocenters. The van der Waals surface area contributed by atoms with Crippen molar-refractivity contribution in [2.24, 2.45) is 5.41 Å². The molecule has 0 bridgehead atoms. The lowest BCUT2D eigenvalue weighted by Crippen LogP contribution is -2.26. The van der Waals surface area contributed by atoms with E-state index in [4.69, 9.17) is 4.74 Å². The molecular formula is C11H22OS. The van der Waals surface area contributed by atoms with Crippen LogP contribution in [0.4, 0.5) is 0 Å². The van der Waals surface area contributed by atoms with Gasteiger partial charge in [-0.1, -0.05) is 33.1 Å². The van der Waals surface area contributed by atoms with Crippen molar-refractivity contribution in [1.29, 1.82) is 0 Å². The van der Waals surface area contributed by atoms with Crippen molar-refractivity contribution < 1.29 is 4.74 Å². The molecule has 0 N–H and O–H groups in total. The van der Waals surface area contributed by atoms with Crippen LogP contribution in [-0.2, 0) is 4.74 Å². The van der Waals surface area contributed by atoms with E-state index in [2.05, 4.69) is 26.5 Å². The summed E-state index contributed by atoms with van der Waals surface area (Å²) in [5, 5.41) is 0. The van der Waals surface area contributed by atoms with Crippen LogP contribution < -0.4 is 0 Å². The quantitative estimate of drug-likeness (QED) is 0.688. The molecule has 1 saturated carbocycles. The van der Waals surface area contributed by atoms with E-state index in [9.17, 15) is 0 Å². The van der Waals surface area contributed by atoms with Crippen LogP contribution in [0.1, 0.15) is 46.0 Å². The lowest BCUT2D eigenvalue weighted by atomic mass is 9.95. The van der Waals surface area contributed by atoms with Crippen LogP contribution in [0.15, 0.2) is 0 Å². The second-order valence-electron chi connectivity index (χ2n) is 4.89. The average Bonchev–Trinajstić information content (AvgIpc) is 2.17. The van der Waals surface area contributed by atoms with Crippen LogP contribution in [0.5, 0.6) is 0 Å². The Balaban J connectivity index is 2.17. The Hall–Kier alpha value is 0.310. The Bertz CT molecular complexity index is 139. The summed E-state index contributed by atoms with van der Waals surface area (Å²) in [6, 6.07) is 0. The molecule has 0 heterocycles. The summed E-state index contributed by atoms with van der Waals surface area (Å²) in [5.41, 5.74) is 0.237. The highest BCUT2D eigenvalue weighted by Crippen LogP contribution is 2.24. The first kappa shape index (κ1) is 11.4. The fourth-order valence-electron chi connectivity index (χ4n) is 1.62. The molecule has 13 heavy (non-hydrogen) atoms. The highest BCUT2D eigenvalue weighted by molar-refractivity contribution is 7.80. The molecule has 0 aromatic heterocycles. The van der Waals surface area contributed by atoms with E-state index in [1.165, 1.54) is 32.1 Å². The van der Waals surface area contributed by atoms with Crippen molar-refractivity contribution >= 4 is 12.6 Å². The van der Waals surface area contributed by atoms with Gasteiger partial charge in [0.25, 0.3) is 0 Å². The fourth-order valence-corrected chi connectivity index (χ4v) is 1.71. The molecule has 0 amide bonds. The molecule has 0 spiro atoms. The van der Waals surface area contributed by atoms with E-state index in [1.54, 1.807) is 0 Å². The molecule has 1 aliphatic carbocycles. The Labute approximate surface area is 87.7 Å². The van der Waals surface area contributed by atoms with Gasteiger partial charge in [0.1, 0.15) is 0 Å². The van der Waals surface area contributed by atoms with Crippen LogP contribution >= 0.6 is 12.6 Å². The molecule has 0 aliphatic heterocycles. The molecule has 1 nitrogen and oxygen atoms in total. The summed E-state index contributed by atoms with van der Waals surface area (Å²) in [5.74, 6) is 0.902. The van der Waals surface area contributed by atoms with Gasteiger partial charge < -0.3 is 4.74 Å². The normalized spacial score (nSPS) is 20.5. The van der Waals surface area contributed by atoms with Crippen molar-refractivity contribution in [3.05, 3.63) is 0 Å². The molecule has 0 saturated heterocycles. The van der Waals surface area contributed by atoms with E-state index in [0.29, 0.717) is 6.10 Å². The third kappa shape index (κ3) is 4.37. The molecule has 1 fully saturated rings. The number of thiol groups is 1. The van der Waals surface area contributed by atoms with Crippen LogP contribution in [-0.4, -0.2) is 18.5 Å². The van der Waals surface area contributed by atoms with Gasteiger partial charge in [0, 0.05) is 0 Å². The minimum Gasteiger partial charge on any atom is -0.378 e. The van der Waals surface area contributed by atoms with Gasteiger partial charge in [-0.2, -0.15) is 12.6 Å². The summed E-state index contributed by atoms with van der Waals surface area (Å²) in [6.07, 6.45) is 7.17. The number of ether oxygens (including phenoxy) is 1. The maximum absolute atomic E-state index is 5.89. The maximum atomic E-state index is 5.89. The molecule has 0 radical (unpaired) electrons. The monoisotopic (exact) mass is 202 g/mol. The Kier molecular flexibility index (Phi) is 4.60. The maximum Gasteiger partial charge on any atom is 0.0575 e. The molecule has 0 aromatic carbocycles. The van der Waals surface area contributed by atoms with Crippen LogP contribution in [0, 0.1) is 5.41 Å². The second-order valence-corrected chi connectivity index (χ2v) is 5.21. The van der Waals surface area contributed by atoms with E-state index in [0.717, 1.165) is 12.4 Å². The first-order valence-corrected chi connectivity index (χ1v) is 6.00. The van der Waals surface area contributed by atoms with E-state index < -0.39 is 0 Å². The smallest absolute Gasteiger partial charge is 0.0575 e. The van der Waals surface area contributed by atoms with Crippen LogP contribution in [0.25, 0.3) is 0 Å². The van der Waals surface area contributed by atoms with Crippen molar-refractivity contribution in [2.75, 3.05) is 12.4 Å². The number of hydrogen-bond acceptors (Lipinski definition) is 2. The van der Waals surface area contributed by atoms with Gasteiger partial charge in [-0.05, 0) is 24.0 Å². The zero-order valence-corrected chi connectivity index (χ0v) is 9.78. The Morgan fingerprint density at radius 3 is 2.38 bits per heavy atom. The molecule has 1 aliphatic rings. The van der Waals surface area contributed by atoms with Gasteiger partial charge in [0.15, 0.2) is 0 Å². The minimum atomic E-state index is 0.237. The summed E-state index contributed by atoms with van der Waals surface area (Å²) < 4.78 is 5.89. The molecule has 2 heteroatoms. The SMILES string of the molecule is CC(C)(CS)COC1CCCCC1. The van der Waals surface area contributed by atoms with Gasteiger partial charge in [-0.25, -0.2) is 0 Å². The largest absolute Gasteiger partial charge is 0.378 e. The predicted molar refractivity (Wildman–Crippen MR) is 60.5 cm³/mol. The van der Waals surface area contributed by atoms with E-state index >= 15 is 0 Å². The fraction of sp³-hybridized carbons (Fsp3) is 1.00. The van der Waals surface area contributed by atoms with Gasteiger partial charge >= 0.3 is 0 Å². The van der Waals surface area contributed by atoms with Crippen LogP contribution in [0.3, 0.4) is 0 Å². The lowest BCUT2D eigenvalue weighted by molar-refractivity contribution is -0.00817. The Morgan fingerprint density at radius 1 is 1.23 bits per heavy atom. The Morgan fingerprint density at radius 2 is 1.85 bits per heavy atom. The average molecular weight is 202 g/mol. The molecule has 0 aromatic rings. The summed E-state index contributed by atoms with van der Waals surface area (Å²) in [6.45, 7) is 5.28. The van der Waals surface area contributed by atoms with Crippen molar-refractivity contribution in [2.45, 2.75) is 52.1 Å². The zero-order valence-electron chi connectivity index (χ0n) is 8.88. The predicted octanol–water partition coefficient (Wildman–Crippen LogP) is 3.29. The van der Waals surface area contributed by atoms with E-state index in [1.807, 2.05) is 0 Å². The first-order chi connectivity index (χ1) is 6.14. The third-order valence-corrected chi connectivity index (χ3v) is 3.55. The second kappa shape index (κ2) is 5.26. The highest BCUT2D eigenvalue weighted by atomic mass is 32.1. The zero-order chi connectivity index (χ0) is 9.73. The van der Waals surface area contributed by atoms with Gasteiger partial charge in [0.2, 0.25) is 0 Å². The number of hydrogen-bond donors (Lipinski definition) is 1. The van der Waals surface area contributed by atoms with Crippen molar-refractivity contribution in [1.82, 2.24) is 0 Å². The third-order valence-electron chi connectivity index (χ3n) is 2.69. The standard InChI is InChI=1S/C11H22OS/c1-11(2,9-13)8-12-10-6-4-3-5-7-10/h10,13H,3-9H2,1-2H3. The molecule has 0 atom stereocenters. The summed E-state index contributed by atoms with van der Waals surface area (Å²) in [7, 11) is 0. The minimum absolute atomic E-state index is 0.237. The topological polar surface area (TPSA) is 9.23 Å². The van der Waals surface area contributed by atoms with E-state index in [-0.39, 0.29) is 5.41 Å². The van der Waals surface area contributed by atoms with Gasteiger partial charge in [-0.3, -0.25) is 0 Å². The summed E-state index contributed by atoms with van der Waals surface area (Å²) >= 11 is 4.32. The number of rotatable bonds is 4. The lowest BCUT2D eigenvalue weighted by Gasteiger charge is -2.28. The molecular weight excluding hydrogens is 180 g/mol. The van der Waals surface area contributed by atoms with Crippen LogP contribution in [0.2, 0.25) is 0 Å². The first-order valence-electron chi connectivity index (χ1n) is 5.36. The van der Waals surface area contributed by atoms with Crippen molar-refractivity contribution in [3.63, 3.8) is 0 Å². The highest BCUT2D eigenvalue weighted by Gasteiger charge is 2.20. The summed E-state index contributed by atoms with van der Waals surface area (Å²) in [4.78, 5) is 0. The van der Waals surface area contributed by atoms with Gasteiger partial charge in [-0.15, -0.1) is 0 Å². The van der Waals surface area contributed by atoms with Crippen molar-refractivity contribution in [3.8, 4) is 0 Å². The molecule has 1 rings (SSSR count). The molecule has 78 valence electrons. The van der Waals surface area contributed by atoms with Gasteiger partial charge in [0.05, 0.1) is 12.7 Å².